The molecule has 0 radical (unpaired) electrons. The topological polar surface area (TPSA) is 137 Å². The normalized spacial score (nSPS) is 22.8. The summed E-state index contributed by atoms with van der Waals surface area (Å²) in [6.07, 6.45) is 7.96. The first-order valence-corrected chi connectivity index (χ1v) is 13.1. The molecule has 2 fully saturated rings. The molecule has 38 heavy (non-hydrogen) atoms. The van der Waals surface area contributed by atoms with Crippen molar-refractivity contribution >= 4 is 24.4 Å². The van der Waals surface area contributed by atoms with Crippen LogP contribution in [0.15, 0.2) is 12.1 Å². The van der Waals surface area contributed by atoms with Crippen LogP contribution in [0.5, 0.6) is 11.5 Å². The Morgan fingerprint density at radius 2 is 1.92 bits per heavy atom. The zero-order valence-electron chi connectivity index (χ0n) is 22.2. The van der Waals surface area contributed by atoms with Gasteiger partial charge in [-0.2, -0.15) is 5.10 Å². The van der Waals surface area contributed by atoms with Gasteiger partial charge in [0.15, 0.2) is 12.1 Å². The second-order valence-electron chi connectivity index (χ2n) is 10.1. The van der Waals surface area contributed by atoms with E-state index in [-0.39, 0.29) is 29.2 Å². The number of H-pyrrole nitrogens is 1. The number of aromatic hydroxyl groups is 1. The molecule has 3 unspecified atom stereocenters. The maximum Gasteiger partial charge on any atom is 0.229 e. The number of methoxy groups -OCH3 is 2. The summed E-state index contributed by atoms with van der Waals surface area (Å²) in [4.78, 5) is 34.5. The average Bonchev–Trinajstić information content (AvgIpc) is 3.68. The third kappa shape index (κ3) is 5.99. The van der Waals surface area contributed by atoms with Crippen molar-refractivity contribution in [2.75, 3.05) is 39.7 Å². The first-order chi connectivity index (χ1) is 18.4. The highest BCUT2D eigenvalue weighted by molar-refractivity contribution is 5.94. The van der Waals surface area contributed by atoms with Crippen LogP contribution in [0.1, 0.15) is 65.2 Å². The maximum atomic E-state index is 12.8. The zero-order chi connectivity index (χ0) is 27.2. The number of amides is 2. The Balaban J connectivity index is 0.000000317. The molecule has 2 aromatic rings. The first kappa shape index (κ1) is 27.6. The number of fused-ring (bicyclic) bond motifs is 1. The van der Waals surface area contributed by atoms with E-state index in [0.717, 1.165) is 56.4 Å². The average molecular weight is 528 g/mol. The van der Waals surface area contributed by atoms with Crippen LogP contribution in [-0.4, -0.2) is 84.4 Å². The second kappa shape index (κ2) is 12.4. The summed E-state index contributed by atoms with van der Waals surface area (Å²) in [7, 11) is 5.18. The number of benzene rings is 1. The number of ether oxygens (including phenoxy) is 2. The van der Waals surface area contributed by atoms with E-state index >= 15 is 0 Å². The summed E-state index contributed by atoms with van der Waals surface area (Å²) in [6.45, 7) is 1.90. The molecular weight excluding hydrogens is 490 g/mol. The highest BCUT2D eigenvalue weighted by Gasteiger charge is 2.34. The van der Waals surface area contributed by atoms with Crippen LogP contribution < -0.4 is 10.1 Å². The SMILES string of the molecule is CN1CCCCN1C=O.COc1cc(O)c(C=O)c2c1CC(C(=O)Nc1cc(C3CCC(OC)C3)[nH]n1)C2. The number of hydrogen-bond acceptors (Lipinski definition) is 8. The summed E-state index contributed by atoms with van der Waals surface area (Å²) < 4.78 is 10.7. The Morgan fingerprint density at radius 3 is 2.55 bits per heavy atom. The number of anilines is 1. The number of hydrazine groups is 1. The summed E-state index contributed by atoms with van der Waals surface area (Å²) in [5.41, 5.74) is 2.71. The lowest BCUT2D eigenvalue weighted by Crippen LogP contribution is -2.43. The van der Waals surface area contributed by atoms with Gasteiger partial charge in [-0.15, -0.1) is 0 Å². The number of nitrogens with one attached hydrogen (secondary N) is 2. The number of carbonyl (C=O) groups excluding carboxylic acids is 3. The van der Waals surface area contributed by atoms with Crippen LogP contribution in [-0.2, 0) is 27.2 Å². The molecule has 1 saturated heterocycles. The van der Waals surface area contributed by atoms with Gasteiger partial charge in [-0.1, -0.05) is 0 Å². The molecule has 206 valence electrons. The monoisotopic (exact) mass is 527 g/mol. The molecular formula is C27H37N5O6. The first-order valence-electron chi connectivity index (χ1n) is 13.1. The number of rotatable bonds is 7. The Kier molecular flexibility index (Phi) is 9.01. The molecule has 0 bridgehead atoms. The molecule has 2 aliphatic carbocycles. The number of hydrogen-bond donors (Lipinski definition) is 3. The molecule has 11 nitrogen and oxygen atoms in total. The maximum absolute atomic E-state index is 12.8. The largest absolute Gasteiger partial charge is 0.507 e. The van der Waals surface area contributed by atoms with Crippen LogP contribution in [0, 0.1) is 5.92 Å². The van der Waals surface area contributed by atoms with Gasteiger partial charge in [-0.3, -0.25) is 24.5 Å². The minimum absolute atomic E-state index is 0.125. The van der Waals surface area contributed by atoms with E-state index in [0.29, 0.717) is 42.2 Å². The second-order valence-corrected chi connectivity index (χ2v) is 10.1. The van der Waals surface area contributed by atoms with E-state index in [9.17, 15) is 19.5 Å². The van der Waals surface area contributed by atoms with E-state index in [1.807, 2.05) is 18.1 Å². The van der Waals surface area contributed by atoms with Gasteiger partial charge in [-0.25, -0.2) is 5.01 Å². The molecule has 0 spiro atoms. The van der Waals surface area contributed by atoms with Crippen molar-refractivity contribution < 1.29 is 29.0 Å². The number of carbonyl (C=O) groups is 3. The van der Waals surface area contributed by atoms with Crippen molar-refractivity contribution in [1.29, 1.82) is 0 Å². The van der Waals surface area contributed by atoms with Crippen LogP contribution in [0.25, 0.3) is 0 Å². The van der Waals surface area contributed by atoms with Crippen molar-refractivity contribution in [2.45, 2.75) is 57.0 Å². The summed E-state index contributed by atoms with van der Waals surface area (Å²) in [5.74, 6) is 0.695. The Morgan fingerprint density at radius 1 is 1.16 bits per heavy atom. The highest BCUT2D eigenvalue weighted by Crippen LogP contribution is 2.40. The van der Waals surface area contributed by atoms with Gasteiger partial charge < -0.3 is 19.9 Å². The summed E-state index contributed by atoms with van der Waals surface area (Å²) in [5, 5.41) is 23.9. The summed E-state index contributed by atoms with van der Waals surface area (Å²) in [6, 6.07) is 3.31. The van der Waals surface area contributed by atoms with Gasteiger partial charge in [0.25, 0.3) is 0 Å². The van der Waals surface area contributed by atoms with E-state index in [1.165, 1.54) is 19.6 Å². The number of phenols is 1. The molecule has 2 heterocycles. The standard InChI is InChI=1S/C21H25N3O5.C6H12N2O/c1-28-13-4-3-11(5-13)17-8-20(24-23-17)22-21(27)12-6-14-15(7-12)19(29-2)9-18(26)16(14)10-25;1-7-4-2-3-5-8(7)6-9/h8-13,26H,3-7H2,1-2H3,(H2,22,23,24,27);6H,2-5H2,1H3. The lowest BCUT2D eigenvalue weighted by atomic mass is 10.0. The predicted octanol–water partition coefficient (Wildman–Crippen LogP) is 2.66. The van der Waals surface area contributed by atoms with E-state index in [4.69, 9.17) is 9.47 Å². The minimum Gasteiger partial charge on any atom is -0.507 e. The third-order valence-corrected chi connectivity index (χ3v) is 7.83. The van der Waals surface area contributed by atoms with Gasteiger partial charge >= 0.3 is 0 Å². The van der Waals surface area contributed by atoms with E-state index in [2.05, 4.69) is 15.5 Å². The van der Waals surface area contributed by atoms with Gasteiger partial charge in [0, 0.05) is 56.9 Å². The van der Waals surface area contributed by atoms with Crippen molar-refractivity contribution in [2.24, 2.45) is 5.92 Å². The van der Waals surface area contributed by atoms with Gasteiger partial charge in [0.05, 0.1) is 18.8 Å². The molecule has 1 aliphatic heterocycles. The number of phenolic OH excluding ortho intramolecular Hbond substituents is 1. The van der Waals surface area contributed by atoms with Crippen LogP contribution in [0.3, 0.4) is 0 Å². The smallest absolute Gasteiger partial charge is 0.229 e. The predicted molar refractivity (Wildman–Crippen MR) is 140 cm³/mol. The fraction of sp³-hybridized carbons (Fsp3) is 0.556. The highest BCUT2D eigenvalue weighted by atomic mass is 16.5. The van der Waals surface area contributed by atoms with Gasteiger partial charge in [0.2, 0.25) is 12.3 Å². The van der Waals surface area contributed by atoms with Crippen molar-refractivity contribution in [1.82, 2.24) is 20.2 Å². The number of aldehydes is 1. The van der Waals surface area contributed by atoms with E-state index < -0.39 is 0 Å². The molecule has 2 amide bonds. The lowest BCUT2D eigenvalue weighted by Gasteiger charge is -2.32. The van der Waals surface area contributed by atoms with Crippen LogP contribution >= 0.6 is 0 Å². The van der Waals surface area contributed by atoms with Crippen molar-refractivity contribution in [3.63, 3.8) is 0 Å². The fourth-order valence-electron chi connectivity index (χ4n) is 5.60. The van der Waals surface area contributed by atoms with Crippen LogP contribution in [0.2, 0.25) is 0 Å². The third-order valence-electron chi connectivity index (χ3n) is 7.83. The molecule has 1 aromatic carbocycles. The molecule has 11 heteroatoms. The number of aromatic nitrogens is 2. The Bertz CT molecular complexity index is 1150. The summed E-state index contributed by atoms with van der Waals surface area (Å²) >= 11 is 0. The molecule has 1 saturated carbocycles. The molecule has 5 rings (SSSR count). The minimum atomic E-state index is -0.357. The lowest BCUT2D eigenvalue weighted by molar-refractivity contribution is -0.135. The quantitative estimate of drug-likeness (QED) is 0.468. The van der Waals surface area contributed by atoms with Crippen LogP contribution in [0.4, 0.5) is 5.82 Å². The number of aromatic amines is 1. The zero-order valence-corrected chi connectivity index (χ0v) is 22.2. The molecule has 3 N–H and O–H groups in total. The molecule has 3 atom stereocenters. The Labute approximate surface area is 222 Å². The van der Waals surface area contributed by atoms with Crippen molar-refractivity contribution in [3.8, 4) is 11.5 Å². The Hall–Kier alpha value is -3.44. The van der Waals surface area contributed by atoms with E-state index in [1.54, 1.807) is 12.1 Å². The molecule has 1 aromatic heterocycles. The number of nitrogens with zero attached hydrogens (tertiary/aromatic N) is 3. The van der Waals surface area contributed by atoms with Gasteiger partial charge in [0.1, 0.15) is 11.5 Å². The fourth-order valence-corrected chi connectivity index (χ4v) is 5.60. The van der Waals surface area contributed by atoms with Gasteiger partial charge in [-0.05, 0) is 56.1 Å². The molecule has 3 aliphatic rings. The van der Waals surface area contributed by atoms with Crippen molar-refractivity contribution in [3.05, 3.63) is 34.5 Å².